The van der Waals surface area contributed by atoms with E-state index < -0.39 is 0 Å². The smallest absolute Gasteiger partial charge is 0.280 e. The zero-order valence-corrected chi connectivity index (χ0v) is 8.11. The molecule has 0 N–H and O–H groups in total. The number of ether oxygens (including phenoxy) is 1. The van der Waals surface area contributed by atoms with Crippen molar-refractivity contribution >= 4 is 0 Å². The standard InChI is InChI=1S/C10H11NO3/c1-10(2)6-5-7-8(11(12)13)3-4-9(7)14-10/h3-5H,6H2,1-2H3. The largest absolute Gasteiger partial charge is 0.487 e. The summed E-state index contributed by atoms with van der Waals surface area (Å²) in [6.45, 7) is 3.93. The minimum absolute atomic E-state index is 0.135. The van der Waals surface area contributed by atoms with Gasteiger partial charge in [-0.1, -0.05) is 6.08 Å². The van der Waals surface area contributed by atoms with E-state index in [1.54, 1.807) is 6.08 Å². The minimum atomic E-state index is -0.378. The summed E-state index contributed by atoms with van der Waals surface area (Å²) in [6, 6.07) is 0. The van der Waals surface area contributed by atoms with Crippen molar-refractivity contribution in [2.24, 2.45) is 0 Å². The maximum Gasteiger partial charge on any atom is 0.280 e. The fourth-order valence-electron chi connectivity index (χ4n) is 1.60. The Morgan fingerprint density at radius 2 is 2.21 bits per heavy atom. The second-order valence-electron chi connectivity index (χ2n) is 4.02. The average Bonchev–Trinajstić information content (AvgIpc) is 2.44. The molecule has 0 unspecified atom stereocenters. The molecule has 0 aromatic rings. The fraction of sp³-hybridized carbons (Fsp3) is 0.400. The van der Waals surface area contributed by atoms with Gasteiger partial charge in [-0.2, -0.15) is 0 Å². The van der Waals surface area contributed by atoms with Crippen LogP contribution in [0.5, 0.6) is 0 Å². The Kier molecular flexibility index (Phi) is 1.74. The molecule has 74 valence electrons. The molecule has 0 saturated carbocycles. The van der Waals surface area contributed by atoms with E-state index >= 15 is 0 Å². The Hall–Kier alpha value is -1.58. The van der Waals surface area contributed by atoms with E-state index in [4.69, 9.17) is 4.74 Å². The molecule has 0 radical (unpaired) electrons. The van der Waals surface area contributed by atoms with Crippen molar-refractivity contribution in [3.05, 3.63) is 45.4 Å². The van der Waals surface area contributed by atoms with Gasteiger partial charge in [0.25, 0.3) is 5.70 Å². The van der Waals surface area contributed by atoms with Crippen molar-refractivity contribution in [3.63, 3.8) is 0 Å². The van der Waals surface area contributed by atoms with E-state index in [-0.39, 0.29) is 16.2 Å². The minimum Gasteiger partial charge on any atom is -0.487 e. The number of rotatable bonds is 1. The average molecular weight is 193 g/mol. The fourth-order valence-corrected chi connectivity index (χ4v) is 1.60. The molecule has 0 amide bonds. The Bertz CT molecular complexity index is 388. The van der Waals surface area contributed by atoms with Gasteiger partial charge in [0.05, 0.1) is 10.5 Å². The van der Waals surface area contributed by atoms with Gasteiger partial charge in [0.1, 0.15) is 11.4 Å². The summed E-state index contributed by atoms with van der Waals surface area (Å²) in [5.74, 6) is 0.618. The molecule has 4 heteroatoms. The summed E-state index contributed by atoms with van der Waals surface area (Å²) < 4.78 is 5.61. The van der Waals surface area contributed by atoms with E-state index in [1.165, 1.54) is 6.08 Å². The van der Waals surface area contributed by atoms with Crippen molar-refractivity contribution in [3.8, 4) is 0 Å². The lowest BCUT2D eigenvalue weighted by Gasteiger charge is -2.30. The van der Waals surface area contributed by atoms with Gasteiger partial charge in [-0.3, -0.25) is 10.1 Å². The van der Waals surface area contributed by atoms with Crippen molar-refractivity contribution in [2.75, 3.05) is 0 Å². The predicted molar refractivity (Wildman–Crippen MR) is 51.0 cm³/mol. The predicted octanol–water partition coefficient (Wildman–Crippen LogP) is 2.17. The summed E-state index contributed by atoms with van der Waals surface area (Å²) in [7, 11) is 0. The highest BCUT2D eigenvalue weighted by atomic mass is 16.6. The van der Waals surface area contributed by atoms with Crippen LogP contribution in [0.25, 0.3) is 0 Å². The van der Waals surface area contributed by atoms with Gasteiger partial charge in [0.2, 0.25) is 0 Å². The highest BCUT2D eigenvalue weighted by Crippen LogP contribution is 2.36. The van der Waals surface area contributed by atoms with Gasteiger partial charge in [0, 0.05) is 12.5 Å². The Morgan fingerprint density at radius 3 is 2.86 bits per heavy atom. The van der Waals surface area contributed by atoms with E-state index in [9.17, 15) is 10.1 Å². The van der Waals surface area contributed by atoms with Crippen molar-refractivity contribution in [1.82, 2.24) is 0 Å². The van der Waals surface area contributed by atoms with Crippen LogP contribution in [0.3, 0.4) is 0 Å². The molecule has 0 spiro atoms. The zero-order valence-electron chi connectivity index (χ0n) is 8.11. The first-order valence-electron chi connectivity index (χ1n) is 4.46. The summed E-state index contributed by atoms with van der Waals surface area (Å²) in [6.07, 6.45) is 5.72. The van der Waals surface area contributed by atoms with Gasteiger partial charge in [-0.05, 0) is 19.9 Å². The second-order valence-corrected chi connectivity index (χ2v) is 4.02. The van der Waals surface area contributed by atoms with Gasteiger partial charge in [-0.15, -0.1) is 0 Å². The lowest BCUT2D eigenvalue weighted by Crippen LogP contribution is -2.27. The number of hydrogen-bond donors (Lipinski definition) is 0. The maximum atomic E-state index is 10.6. The van der Waals surface area contributed by atoms with Gasteiger partial charge < -0.3 is 4.74 Å². The molecule has 4 nitrogen and oxygen atoms in total. The van der Waals surface area contributed by atoms with Gasteiger partial charge >= 0.3 is 0 Å². The van der Waals surface area contributed by atoms with Gasteiger partial charge in [-0.25, -0.2) is 0 Å². The van der Waals surface area contributed by atoms with Crippen molar-refractivity contribution in [1.29, 1.82) is 0 Å². The van der Waals surface area contributed by atoms with Crippen LogP contribution >= 0.6 is 0 Å². The van der Waals surface area contributed by atoms with E-state index in [0.717, 1.165) is 0 Å². The highest BCUT2D eigenvalue weighted by molar-refractivity contribution is 5.50. The maximum absolute atomic E-state index is 10.6. The van der Waals surface area contributed by atoms with Crippen LogP contribution in [0.2, 0.25) is 0 Å². The van der Waals surface area contributed by atoms with E-state index in [0.29, 0.717) is 17.8 Å². The summed E-state index contributed by atoms with van der Waals surface area (Å²) in [5.41, 5.74) is 0.500. The second kappa shape index (κ2) is 2.70. The summed E-state index contributed by atoms with van der Waals surface area (Å²) in [4.78, 5) is 10.2. The molecule has 1 aliphatic heterocycles. The van der Waals surface area contributed by atoms with Crippen LogP contribution in [-0.2, 0) is 4.74 Å². The quantitative estimate of drug-likeness (QED) is 0.473. The van der Waals surface area contributed by atoms with Crippen LogP contribution in [0, 0.1) is 10.1 Å². The molecule has 0 saturated heterocycles. The Balaban J connectivity index is 2.32. The molecule has 0 bridgehead atoms. The molecule has 2 aliphatic rings. The topological polar surface area (TPSA) is 52.4 Å². The third kappa shape index (κ3) is 1.32. The molecule has 2 rings (SSSR count). The normalized spacial score (nSPS) is 22.9. The molecular formula is C10H11NO3. The monoisotopic (exact) mass is 193 g/mol. The summed E-state index contributed by atoms with van der Waals surface area (Å²) in [5, 5.41) is 10.6. The molecule has 14 heavy (non-hydrogen) atoms. The SMILES string of the molecule is CC1(C)CC=C2C(=CC=C2[N+](=O)[O-])O1. The summed E-state index contributed by atoms with van der Waals surface area (Å²) >= 11 is 0. The highest BCUT2D eigenvalue weighted by Gasteiger charge is 2.34. The van der Waals surface area contributed by atoms with Crippen LogP contribution in [0.4, 0.5) is 0 Å². The third-order valence-corrected chi connectivity index (χ3v) is 2.31. The van der Waals surface area contributed by atoms with Crippen LogP contribution in [-0.4, -0.2) is 10.5 Å². The third-order valence-electron chi connectivity index (χ3n) is 2.31. The van der Waals surface area contributed by atoms with Crippen LogP contribution in [0.15, 0.2) is 35.3 Å². The number of hydrogen-bond acceptors (Lipinski definition) is 3. The number of allylic oxidation sites excluding steroid dienone is 2. The van der Waals surface area contributed by atoms with Crippen molar-refractivity contribution in [2.45, 2.75) is 25.9 Å². The van der Waals surface area contributed by atoms with Gasteiger partial charge in [0.15, 0.2) is 0 Å². The lowest BCUT2D eigenvalue weighted by atomic mass is 9.98. The van der Waals surface area contributed by atoms with Crippen LogP contribution < -0.4 is 0 Å². The van der Waals surface area contributed by atoms with Crippen LogP contribution in [0.1, 0.15) is 20.3 Å². The van der Waals surface area contributed by atoms with E-state index in [2.05, 4.69) is 0 Å². The first-order valence-corrected chi connectivity index (χ1v) is 4.46. The molecule has 0 fully saturated rings. The van der Waals surface area contributed by atoms with E-state index in [1.807, 2.05) is 19.9 Å². The number of nitro groups is 1. The molecule has 0 atom stereocenters. The Morgan fingerprint density at radius 1 is 1.50 bits per heavy atom. The molecule has 1 aliphatic carbocycles. The van der Waals surface area contributed by atoms with Crippen molar-refractivity contribution < 1.29 is 9.66 Å². The molecular weight excluding hydrogens is 182 g/mol. The lowest BCUT2D eigenvalue weighted by molar-refractivity contribution is -0.420. The zero-order chi connectivity index (χ0) is 10.3. The first kappa shape index (κ1) is 8.99. The molecule has 0 aromatic heterocycles. The number of fused-ring (bicyclic) bond motifs is 1. The first-order chi connectivity index (χ1) is 6.49. The molecule has 1 heterocycles. The number of nitrogens with zero attached hydrogens (tertiary/aromatic N) is 1. The molecule has 0 aromatic carbocycles. The Labute approximate surface area is 81.7 Å².